The van der Waals surface area contributed by atoms with Gasteiger partial charge < -0.3 is 10.2 Å². The van der Waals surface area contributed by atoms with E-state index in [-0.39, 0.29) is 0 Å². The van der Waals surface area contributed by atoms with Crippen LogP contribution in [-0.2, 0) is 7.05 Å². The smallest absolute Gasteiger partial charge is 0.129 e. The van der Waals surface area contributed by atoms with Crippen molar-refractivity contribution in [3.05, 3.63) is 47.3 Å². The van der Waals surface area contributed by atoms with Gasteiger partial charge in [0.05, 0.1) is 18.1 Å². The Bertz CT molecular complexity index is 716. The second kappa shape index (κ2) is 4.59. The molecule has 0 amide bonds. The highest BCUT2D eigenvalue weighted by Crippen LogP contribution is 2.39. The molecular weight excluding hydrogens is 306 g/mol. The number of furan rings is 1. The molecule has 0 fully saturated rings. The van der Waals surface area contributed by atoms with Crippen LogP contribution >= 0.6 is 15.9 Å². The summed E-state index contributed by atoms with van der Waals surface area (Å²) in [5.41, 5.74) is 9.83. The van der Waals surface area contributed by atoms with E-state index in [1.54, 1.807) is 17.2 Å². The fourth-order valence-electron chi connectivity index (χ4n) is 2.07. The van der Waals surface area contributed by atoms with Gasteiger partial charge in [-0.1, -0.05) is 34.1 Å². The predicted octanol–water partition coefficient (Wildman–Crippen LogP) is 3.69. The molecule has 19 heavy (non-hydrogen) atoms. The zero-order chi connectivity index (χ0) is 13.4. The molecule has 2 heterocycles. The third-order valence-electron chi connectivity index (χ3n) is 3.03. The largest absolute Gasteiger partial charge is 0.472 e. The highest BCUT2D eigenvalue weighted by Gasteiger charge is 2.19. The van der Waals surface area contributed by atoms with E-state index in [2.05, 4.69) is 21.0 Å². The van der Waals surface area contributed by atoms with E-state index in [0.29, 0.717) is 5.82 Å². The van der Waals surface area contributed by atoms with Crippen LogP contribution in [0, 0.1) is 0 Å². The van der Waals surface area contributed by atoms with Crippen molar-refractivity contribution in [1.82, 2.24) is 9.78 Å². The number of hydrogen-bond donors (Lipinski definition) is 1. The number of hydrogen-bond acceptors (Lipinski definition) is 3. The van der Waals surface area contributed by atoms with Crippen molar-refractivity contribution in [1.29, 1.82) is 0 Å². The van der Waals surface area contributed by atoms with Crippen LogP contribution in [0.15, 0.2) is 51.7 Å². The average Bonchev–Trinajstić information content (AvgIpc) is 3.01. The monoisotopic (exact) mass is 317 g/mol. The number of nitrogens with zero attached hydrogens (tertiary/aromatic N) is 2. The number of aromatic nitrogens is 2. The van der Waals surface area contributed by atoms with Crippen molar-refractivity contribution in [2.24, 2.45) is 7.05 Å². The summed E-state index contributed by atoms with van der Waals surface area (Å²) < 4.78 is 7.80. The number of nitrogen functional groups attached to an aromatic ring is 1. The van der Waals surface area contributed by atoms with Gasteiger partial charge in [-0.3, -0.25) is 4.68 Å². The Morgan fingerprint density at radius 3 is 2.74 bits per heavy atom. The van der Waals surface area contributed by atoms with Gasteiger partial charge in [-0.15, -0.1) is 0 Å². The van der Waals surface area contributed by atoms with Crippen LogP contribution in [0.1, 0.15) is 0 Å². The van der Waals surface area contributed by atoms with Gasteiger partial charge in [0, 0.05) is 22.6 Å². The minimum absolute atomic E-state index is 0.628. The van der Waals surface area contributed by atoms with Gasteiger partial charge in [-0.2, -0.15) is 5.10 Å². The fourth-order valence-corrected chi connectivity index (χ4v) is 2.55. The molecular formula is C14H12BrN3O. The zero-order valence-corrected chi connectivity index (χ0v) is 11.9. The summed E-state index contributed by atoms with van der Waals surface area (Å²) in [6.45, 7) is 0. The van der Waals surface area contributed by atoms with E-state index in [1.165, 1.54) is 0 Å². The molecule has 3 aromatic rings. The number of anilines is 1. The number of rotatable bonds is 2. The Morgan fingerprint density at radius 2 is 2.05 bits per heavy atom. The molecule has 5 heteroatoms. The van der Waals surface area contributed by atoms with Crippen molar-refractivity contribution in [3.8, 4) is 22.4 Å². The van der Waals surface area contributed by atoms with E-state index in [4.69, 9.17) is 10.2 Å². The minimum Gasteiger partial charge on any atom is -0.472 e. The summed E-state index contributed by atoms with van der Waals surface area (Å²) in [4.78, 5) is 0. The van der Waals surface area contributed by atoms with Crippen LogP contribution in [-0.4, -0.2) is 9.78 Å². The predicted molar refractivity (Wildman–Crippen MR) is 78.5 cm³/mol. The minimum atomic E-state index is 0.628. The van der Waals surface area contributed by atoms with Crippen LogP contribution in [0.2, 0.25) is 0 Å². The highest BCUT2D eigenvalue weighted by atomic mass is 79.9. The summed E-state index contributed by atoms with van der Waals surface area (Å²) >= 11 is 3.56. The number of halogens is 1. The molecule has 2 aromatic heterocycles. The molecule has 0 unspecified atom stereocenters. The topological polar surface area (TPSA) is 57.0 Å². The normalized spacial score (nSPS) is 10.8. The van der Waals surface area contributed by atoms with Crippen molar-refractivity contribution < 1.29 is 4.42 Å². The van der Waals surface area contributed by atoms with Crippen LogP contribution < -0.4 is 5.73 Å². The molecule has 0 aliphatic carbocycles. The second-order valence-corrected chi connectivity index (χ2v) is 5.08. The molecule has 1 aromatic carbocycles. The summed E-state index contributed by atoms with van der Waals surface area (Å²) in [5, 5.41) is 4.48. The van der Waals surface area contributed by atoms with Crippen molar-refractivity contribution in [2.45, 2.75) is 0 Å². The molecule has 0 bridgehead atoms. The second-order valence-electron chi connectivity index (χ2n) is 4.22. The third kappa shape index (κ3) is 1.96. The van der Waals surface area contributed by atoms with E-state index < -0.39 is 0 Å². The molecule has 0 radical (unpaired) electrons. The lowest BCUT2D eigenvalue weighted by Gasteiger charge is -2.05. The van der Waals surface area contributed by atoms with E-state index in [1.807, 2.05) is 37.4 Å². The molecule has 0 atom stereocenters. The quantitative estimate of drug-likeness (QED) is 0.784. The lowest BCUT2D eigenvalue weighted by molar-refractivity contribution is 0.568. The van der Waals surface area contributed by atoms with Gasteiger partial charge in [-0.05, 0) is 12.1 Å². The Hall–Kier alpha value is -2.01. The average molecular weight is 318 g/mol. The highest BCUT2D eigenvalue weighted by molar-refractivity contribution is 9.10. The number of aryl methyl sites for hydroxylation is 1. The van der Waals surface area contributed by atoms with Gasteiger partial charge >= 0.3 is 0 Å². The lowest BCUT2D eigenvalue weighted by atomic mass is 10.0. The van der Waals surface area contributed by atoms with Crippen LogP contribution in [0.3, 0.4) is 0 Å². The van der Waals surface area contributed by atoms with Crippen molar-refractivity contribution in [3.63, 3.8) is 0 Å². The maximum absolute atomic E-state index is 6.16. The van der Waals surface area contributed by atoms with Gasteiger partial charge in [0.2, 0.25) is 0 Å². The first kappa shape index (κ1) is 12.0. The Kier molecular flexibility index (Phi) is 2.91. The zero-order valence-electron chi connectivity index (χ0n) is 10.3. The fraction of sp³-hybridized carbons (Fsp3) is 0.0714. The number of benzene rings is 1. The molecule has 0 aliphatic rings. The summed E-state index contributed by atoms with van der Waals surface area (Å²) in [5.74, 6) is 0.628. The molecule has 0 spiro atoms. The first-order valence-corrected chi connectivity index (χ1v) is 6.57. The molecule has 96 valence electrons. The van der Waals surface area contributed by atoms with Gasteiger partial charge in [0.1, 0.15) is 11.5 Å². The molecule has 0 saturated carbocycles. The van der Waals surface area contributed by atoms with E-state index >= 15 is 0 Å². The Balaban J connectivity index is 2.29. The molecule has 3 rings (SSSR count). The summed E-state index contributed by atoms with van der Waals surface area (Å²) in [6, 6.07) is 9.83. The van der Waals surface area contributed by atoms with Crippen LogP contribution in [0.4, 0.5) is 5.82 Å². The first-order chi connectivity index (χ1) is 9.18. The SMILES string of the molecule is Cn1nc(-c2ccoc2)c(-c2ccccc2Br)c1N. The standard InChI is InChI=1S/C14H12BrN3O/c1-18-14(16)12(10-4-2-3-5-11(10)15)13(17-18)9-6-7-19-8-9/h2-8H,16H2,1H3. The van der Waals surface area contributed by atoms with Crippen LogP contribution in [0.25, 0.3) is 22.4 Å². The molecule has 2 N–H and O–H groups in total. The lowest BCUT2D eigenvalue weighted by Crippen LogP contribution is -1.98. The van der Waals surface area contributed by atoms with Crippen LogP contribution in [0.5, 0.6) is 0 Å². The Labute approximate surface area is 119 Å². The van der Waals surface area contributed by atoms with Crippen molar-refractivity contribution in [2.75, 3.05) is 5.73 Å². The molecule has 0 aliphatic heterocycles. The number of nitrogens with two attached hydrogens (primary N) is 1. The Morgan fingerprint density at radius 1 is 1.26 bits per heavy atom. The first-order valence-electron chi connectivity index (χ1n) is 5.78. The van der Waals surface area contributed by atoms with E-state index in [0.717, 1.165) is 26.9 Å². The van der Waals surface area contributed by atoms with E-state index in [9.17, 15) is 0 Å². The van der Waals surface area contributed by atoms with Gasteiger partial charge in [-0.25, -0.2) is 0 Å². The summed E-state index contributed by atoms with van der Waals surface area (Å²) in [6.07, 6.45) is 3.30. The summed E-state index contributed by atoms with van der Waals surface area (Å²) in [7, 11) is 1.83. The van der Waals surface area contributed by atoms with Gasteiger partial charge in [0.15, 0.2) is 0 Å². The third-order valence-corrected chi connectivity index (χ3v) is 3.72. The van der Waals surface area contributed by atoms with Crippen molar-refractivity contribution >= 4 is 21.7 Å². The molecule has 4 nitrogen and oxygen atoms in total. The van der Waals surface area contributed by atoms with Gasteiger partial charge in [0.25, 0.3) is 0 Å². The maximum Gasteiger partial charge on any atom is 0.129 e. The molecule has 0 saturated heterocycles. The maximum atomic E-state index is 6.16.